The summed E-state index contributed by atoms with van der Waals surface area (Å²) in [4.78, 5) is 51.1. The number of thiazole rings is 1. The molecule has 0 spiro atoms. The molecule has 0 radical (unpaired) electrons. The fourth-order valence-electron chi connectivity index (χ4n) is 5.71. The molecule has 5 rings (SSSR count). The lowest BCUT2D eigenvalue weighted by Gasteiger charge is -2.30. The van der Waals surface area contributed by atoms with Crippen LogP contribution >= 0.6 is 11.3 Å². The second kappa shape index (κ2) is 12.0. The maximum atomic E-state index is 14.5. The van der Waals surface area contributed by atoms with E-state index in [4.69, 9.17) is 14.5 Å². The summed E-state index contributed by atoms with van der Waals surface area (Å²) in [5.41, 5.74) is 3.04. The van der Waals surface area contributed by atoms with Gasteiger partial charge in [-0.15, -0.1) is 0 Å². The lowest BCUT2D eigenvalue weighted by atomic mass is 9.93. The molecule has 2 amide bonds. The Hall–Kier alpha value is -4.18. The van der Waals surface area contributed by atoms with Crippen LogP contribution in [0.4, 0.5) is 5.69 Å². The first-order chi connectivity index (χ1) is 20.3. The highest BCUT2D eigenvalue weighted by Crippen LogP contribution is 2.39. The number of benzene rings is 2. The Kier molecular flexibility index (Phi) is 8.36. The summed E-state index contributed by atoms with van der Waals surface area (Å²) in [5.74, 6) is 0.667. The monoisotopic (exact) mass is 588 g/mol. The van der Waals surface area contributed by atoms with Crippen LogP contribution in [0.3, 0.4) is 0 Å². The summed E-state index contributed by atoms with van der Waals surface area (Å²) in [5, 5.41) is 0. The molecule has 2 aromatic carbocycles. The fourth-order valence-corrected chi connectivity index (χ4v) is 6.85. The van der Waals surface area contributed by atoms with Gasteiger partial charge in [-0.25, -0.2) is 4.99 Å². The number of unbranched alkanes of at least 4 members (excludes halogenated alkanes) is 1. The summed E-state index contributed by atoms with van der Waals surface area (Å²) in [6.45, 7) is 9.28. The molecule has 10 heteroatoms. The molecule has 42 heavy (non-hydrogen) atoms. The van der Waals surface area contributed by atoms with E-state index in [-0.39, 0.29) is 17.4 Å². The molecule has 3 heterocycles. The number of fused-ring (bicyclic) bond motifs is 2. The lowest BCUT2D eigenvalue weighted by Crippen LogP contribution is -2.43. The van der Waals surface area contributed by atoms with Crippen LogP contribution < -0.4 is 29.3 Å². The predicted octanol–water partition coefficient (Wildman–Crippen LogP) is 3.64. The van der Waals surface area contributed by atoms with Crippen molar-refractivity contribution in [1.82, 2.24) is 9.47 Å². The van der Waals surface area contributed by atoms with Crippen molar-refractivity contribution in [2.45, 2.75) is 46.6 Å². The number of aromatic nitrogens is 1. The number of carbonyl (C=O) groups is 2. The summed E-state index contributed by atoms with van der Waals surface area (Å²) in [7, 11) is 3.12. The van der Waals surface area contributed by atoms with Gasteiger partial charge in [0.15, 0.2) is 4.80 Å². The quantitative estimate of drug-likeness (QED) is 0.381. The van der Waals surface area contributed by atoms with Crippen LogP contribution in [-0.4, -0.2) is 55.1 Å². The zero-order chi connectivity index (χ0) is 30.1. The number of allylic oxidation sites excluding steroid dienone is 1. The van der Waals surface area contributed by atoms with Crippen molar-refractivity contribution in [1.29, 1.82) is 0 Å². The smallest absolute Gasteiger partial charge is 0.271 e. The van der Waals surface area contributed by atoms with Crippen LogP contribution in [0.1, 0.15) is 57.7 Å². The van der Waals surface area contributed by atoms with Crippen molar-refractivity contribution >= 4 is 34.4 Å². The van der Waals surface area contributed by atoms with Gasteiger partial charge in [-0.2, -0.15) is 0 Å². The topological polar surface area (TPSA) is 93.4 Å². The third-order valence-electron chi connectivity index (χ3n) is 7.90. The highest BCUT2D eigenvalue weighted by atomic mass is 32.1. The highest BCUT2D eigenvalue weighted by Gasteiger charge is 2.38. The number of rotatable bonds is 9. The largest absolute Gasteiger partial charge is 0.497 e. The standard InChI is InChI=1S/C32H36N4O5S/c1-7-10-17-35-23-14-12-11-13-21(23)26(30(35)38)28-31(39)36-27(22-18-20(40-5)15-16-24(22)41-6)25(19(4)33-32(36)42-28)29(37)34(8-2)9-3/h11-16,18,27H,7-10,17H2,1-6H3/b28-26-/t27-/m0/s1. The molecule has 0 aliphatic carbocycles. The zero-order valence-corrected chi connectivity index (χ0v) is 25.7. The van der Waals surface area contributed by atoms with Crippen LogP contribution in [0.15, 0.2) is 63.5 Å². The van der Waals surface area contributed by atoms with Crippen LogP contribution in [0.5, 0.6) is 11.5 Å². The van der Waals surface area contributed by atoms with Gasteiger partial charge in [0.25, 0.3) is 17.4 Å². The Balaban J connectivity index is 1.83. The van der Waals surface area contributed by atoms with E-state index in [1.807, 2.05) is 38.1 Å². The number of likely N-dealkylation sites (N-methyl/N-ethyl adjacent to an activating group) is 1. The summed E-state index contributed by atoms with van der Waals surface area (Å²) < 4.78 is 13.1. The number of hydrogen-bond donors (Lipinski definition) is 0. The number of hydrogen-bond acceptors (Lipinski definition) is 7. The average molecular weight is 589 g/mol. The van der Waals surface area contributed by atoms with Gasteiger partial charge in [-0.05, 0) is 51.5 Å². The van der Waals surface area contributed by atoms with E-state index in [9.17, 15) is 14.4 Å². The second-order valence-corrected chi connectivity index (χ2v) is 11.2. The minimum absolute atomic E-state index is 0.194. The molecule has 9 nitrogen and oxygen atoms in total. The summed E-state index contributed by atoms with van der Waals surface area (Å²) in [6.07, 6.45) is 1.79. The van der Waals surface area contributed by atoms with Crippen LogP contribution in [0.2, 0.25) is 0 Å². The Labute approximate surface area is 249 Å². The van der Waals surface area contributed by atoms with Gasteiger partial charge in [0.2, 0.25) is 0 Å². The number of amides is 2. The highest BCUT2D eigenvalue weighted by molar-refractivity contribution is 7.07. The maximum Gasteiger partial charge on any atom is 0.271 e. The Bertz CT molecular complexity index is 1770. The van der Waals surface area contributed by atoms with E-state index in [1.54, 1.807) is 53.7 Å². The first-order valence-electron chi connectivity index (χ1n) is 14.3. The number of methoxy groups -OCH3 is 2. The van der Waals surface area contributed by atoms with Crippen molar-refractivity contribution in [3.8, 4) is 11.5 Å². The molecule has 3 aromatic rings. The number of ether oxygens (including phenoxy) is 2. The number of anilines is 1. The number of para-hydroxylation sites is 1. The molecular formula is C32H36N4O5S. The van der Waals surface area contributed by atoms with Crippen molar-refractivity contribution in [2.24, 2.45) is 4.99 Å². The minimum Gasteiger partial charge on any atom is -0.497 e. The Morgan fingerprint density at radius 2 is 1.79 bits per heavy atom. The molecule has 0 fully saturated rings. The van der Waals surface area contributed by atoms with E-state index >= 15 is 0 Å². The van der Waals surface area contributed by atoms with E-state index in [0.29, 0.717) is 62.9 Å². The molecule has 1 aromatic heterocycles. The normalized spacial score (nSPS) is 17.1. The van der Waals surface area contributed by atoms with Gasteiger partial charge in [-0.1, -0.05) is 42.9 Å². The Morgan fingerprint density at radius 3 is 2.45 bits per heavy atom. The van der Waals surface area contributed by atoms with Crippen molar-refractivity contribution < 1.29 is 19.1 Å². The van der Waals surface area contributed by atoms with Gasteiger partial charge in [-0.3, -0.25) is 19.0 Å². The molecule has 2 aliphatic heterocycles. The molecule has 220 valence electrons. The van der Waals surface area contributed by atoms with Crippen LogP contribution in [-0.2, 0) is 9.59 Å². The van der Waals surface area contributed by atoms with Gasteiger partial charge < -0.3 is 19.3 Å². The summed E-state index contributed by atoms with van der Waals surface area (Å²) in [6, 6.07) is 12.1. The average Bonchev–Trinajstić information content (AvgIpc) is 3.47. The van der Waals surface area contributed by atoms with E-state index in [2.05, 4.69) is 6.92 Å². The molecular weight excluding hydrogens is 552 g/mol. The van der Waals surface area contributed by atoms with Gasteiger partial charge in [0.1, 0.15) is 22.1 Å². The van der Waals surface area contributed by atoms with Crippen molar-refractivity contribution in [2.75, 3.05) is 38.8 Å². The van der Waals surface area contributed by atoms with Gasteiger partial charge in [0.05, 0.1) is 36.8 Å². The molecule has 0 N–H and O–H groups in total. The second-order valence-electron chi connectivity index (χ2n) is 10.2. The number of nitrogens with zero attached hydrogens (tertiary/aromatic N) is 4. The lowest BCUT2D eigenvalue weighted by molar-refractivity contribution is -0.127. The van der Waals surface area contributed by atoms with E-state index in [1.165, 1.54) is 11.3 Å². The Morgan fingerprint density at radius 1 is 1.05 bits per heavy atom. The molecule has 0 unspecified atom stereocenters. The predicted molar refractivity (Wildman–Crippen MR) is 164 cm³/mol. The molecule has 0 bridgehead atoms. The zero-order valence-electron chi connectivity index (χ0n) is 24.9. The van der Waals surface area contributed by atoms with Gasteiger partial charge in [0, 0.05) is 30.8 Å². The maximum absolute atomic E-state index is 14.5. The first kappa shape index (κ1) is 29.3. The third kappa shape index (κ3) is 4.73. The van der Waals surface area contributed by atoms with Crippen LogP contribution in [0.25, 0.3) is 5.57 Å². The fraction of sp³-hybridized carbons (Fsp3) is 0.375. The molecule has 0 saturated heterocycles. The SMILES string of the molecule is CCCCN1C(=O)/C(=c2\sc3n(c2=O)[C@@H](c2cc(OC)ccc2OC)C(C(=O)N(CC)CC)=C(C)N=3)c2ccccc21. The van der Waals surface area contributed by atoms with Crippen LogP contribution in [0, 0.1) is 0 Å². The van der Waals surface area contributed by atoms with Gasteiger partial charge >= 0.3 is 0 Å². The van der Waals surface area contributed by atoms with Crippen molar-refractivity contribution in [3.63, 3.8) is 0 Å². The van der Waals surface area contributed by atoms with E-state index < -0.39 is 6.04 Å². The third-order valence-corrected chi connectivity index (χ3v) is 8.95. The minimum atomic E-state index is -0.836. The number of carbonyl (C=O) groups excluding carboxylic acids is 2. The molecule has 0 saturated carbocycles. The van der Waals surface area contributed by atoms with E-state index in [0.717, 1.165) is 24.1 Å². The summed E-state index contributed by atoms with van der Waals surface area (Å²) >= 11 is 1.18. The molecule has 2 aliphatic rings. The first-order valence-corrected chi connectivity index (χ1v) is 15.1. The molecule has 1 atom stereocenters. The van der Waals surface area contributed by atoms with Crippen molar-refractivity contribution in [3.05, 3.63) is 84.5 Å².